The second-order valence-corrected chi connectivity index (χ2v) is 8.43. The second kappa shape index (κ2) is 8.34. The molecule has 2 aliphatic rings. The average Bonchev–Trinajstić information content (AvgIpc) is 3.19. The molecule has 4 rings (SSSR count). The third-order valence-corrected chi connectivity index (χ3v) is 6.29. The van der Waals surface area contributed by atoms with E-state index in [1.807, 2.05) is 24.7 Å². The van der Waals surface area contributed by atoms with Crippen LogP contribution in [0.25, 0.3) is 0 Å². The first-order valence-corrected chi connectivity index (χ1v) is 10.4. The Bertz CT molecular complexity index is 724. The minimum Gasteiger partial charge on any atom is -0.356 e. The van der Waals surface area contributed by atoms with E-state index in [0.717, 1.165) is 37.3 Å². The van der Waals surface area contributed by atoms with Gasteiger partial charge in [0.05, 0.1) is 0 Å². The number of hydrogen-bond donors (Lipinski definition) is 0. The van der Waals surface area contributed by atoms with Crippen molar-refractivity contribution >= 4 is 5.82 Å². The Kier molecular flexibility index (Phi) is 5.67. The Morgan fingerprint density at radius 3 is 2.59 bits per heavy atom. The summed E-state index contributed by atoms with van der Waals surface area (Å²) in [6.45, 7) is 10.2. The highest BCUT2D eigenvalue weighted by Crippen LogP contribution is 2.35. The molecule has 27 heavy (non-hydrogen) atoms. The smallest absolute Gasteiger partial charge is 0.135 e. The summed E-state index contributed by atoms with van der Waals surface area (Å²) < 4.78 is 0. The molecule has 0 unspecified atom stereocenters. The molecule has 0 amide bonds. The second-order valence-electron chi connectivity index (χ2n) is 8.43. The zero-order chi connectivity index (χ0) is 18.6. The number of likely N-dealkylation sites (tertiary alicyclic amines) is 1. The number of piperidine rings is 1. The van der Waals surface area contributed by atoms with Gasteiger partial charge in [0, 0.05) is 43.8 Å². The van der Waals surface area contributed by atoms with Crippen molar-refractivity contribution in [3.8, 4) is 0 Å². The molecule has 0 spiro atoms. The monoisotopic (exact) mass is 365 g/mol. The van der Waals surface area contributed by atoms with Crippen molar-refractivity contribution in [3.63, 3.8) is 0 Å². The first-order chi connectivity index (χ1) is 13.2. The number of rotatable bonds is 5. The fraction of sp³-hybridized carbons (Fsp3) is 0.591. The molecular formula is C22H31N5. The van der Waals surface area contributed by atoms with Crippen LogP contribution in [0.2, 0.25) is 0 Å². The van der Waals surface area contributed by atoms with Crippen LogP contribution >= 0.6 is 0 Å². The highest BCUT2D eigenvalue weighted by molar-refractivity contribution is 5.48. The van der Waals surface area contributed by atoms with Gasteiger partial charge in [-0.3, -0.25) is 9.88 Å². The first kappa shape index (κ1) is 18.4. The zero-order valence-corrected chi connectivity index (χ0v) is 16.6. The number of aromatic nitrogens is 3. The lowest BCUT2D eigenvalue weighted by Gasteiger charge is -2.35. The van der Waals surface area contributed by atoms with Gasteiger partial charge in [0.15, 0.2) is 0 Å². The maximum Gasteiger partial charge on any atom is 0.135 e. The third kappa shape index (κ3) is 4.29. The maximum absolute atomic E-state index is 4.62. The lowest BCUT2D eigenvalue weighted by molar-refractivity contribution is 0.147. The fourth-order valence-corrected chi connectivity index (χ4v) is 4.70. The van der Waals surface area contributed by atoms with Crippen LogP contribution in [-0.4, -0.2) is 46.0 Å². The van der Waals surface area contributed by atoms with Crippen molar-refractivity contribution < 1.29 is 0 Å². The van der Waals surface area contributed by atoms with Crippen molar-refractivity contribution in [3.05, 3.63) is 48.2 Å². The molecule has 0 aromatic carbocycles. The van der Waals surface area contributed by atoms with Gasteiger partial charge in [0.2, 0.25) is 0 Å². The highest BCUT2D eigenvalue weighted by atomic mass is 15.2. The van der Waals surface area contributed by atoms with Gasteiger partial charge in [0.1, 0.15) is 12.1 Å². The molecule has 0 N–H and O–H groups in total. The largest absolute Gasteiger partial charge is 0.356 e. The minimum atomic E-state index is 0.468. The van der Waals surface area contributed by atoms with Crippen LogP contribution in [0.1, 0.15) is 50.2 Å². The Labute approximate surface area is 162 Å². The predicted octanol–water partition coefficient (Wildman–Crippen LogP) is 3.73. The topological polar surface area (TPSA) is 45.2 Å². The van der Waals surface area contributed by atoms with Crippen molar-refractivity contribution in [2.75, 3.05) is 31.1 Å². The van der Waals surface area contributed by atoms with E-state index in [2.05, 4.69) is 44.7 Å². The standard InChI is InChI=1S/C22H31N5/c1-17(2)21-13-24-16-25-22(21)27-11-7-20(15-27)19-5-9-26(10-6-19)14-18-4-3-8-23-12-18/h3-4,8,12-13,16-17,19-20H,5-7,9-11,14-15H2,1-2H3/t20-/m0/s1. The quantitative estimate of drug-likeness (QED) is 0.808. The first-order valence-electron chi connectivity index (χ1n) is 10.4. The molecular weight excluding hydrogens is 334 g/mol. The van der Waals surface area contributed by atoms with Crippen LogP contribution < -0.4 is 4.90 Å². The third-order valence-electron chi connectivity index (χ3n) is 6.29. The summed E-state index contributed by atoms with van der Waals surface area (Å²) >= 11 is 0. The van der Waals surface area contributed by atoms with E-state index in [-0.39, 0.29) is 0 Å². The van der Waals surface area contributed by atoms with Crippen LogP contribution in [0.15, 0.2) is 37.1 Å². The van der Waals surface area contributed by atoms with E-state index < -0.39 is 0 Å². The molecule has 2 saturated heterocycles. The van der Waals surface area contributed by atoms with Crippen molar-refractivity contribution in [1.82, 2.24) is 19.9 Å². The van der Waals surface area contributed by atoms with Crippen LogP contribution in [0.4, 0.5) is 5.82 Å². The lowest BCUT2D eigenvalue weighted by atomic mass is 9.83. The molecule has 2 aromatic rings. The molecule has 5 heteroatoms. The summed E-state index contributed by atoms with van der Waals surface area (Å²) in [6.07, 6.45) is 11.5. The number of pyridine rings is 1. The van der Waals surface area contributed by atoms with E-state index in [9.17, 15) is 0 Å². The average molecular weight is 366 g/mol. The van der Waals surface area contributed by atoms with E-state index in [4.69, 9.17) is 0 Å². The summed E-state index contributed by atoms with van der Waals surface area (Å²) in [4.78, 5) is 18.2. The Morgan fingerprint density at radius 1 is 1.04 bits per heavy atom. The maximum atomic E-state index is 4.62. The van der Waals surface area contributed by atoms with Crippen molar-refractivity contribution in [2.45, 2.75) is 45.6 Å². The number of anilines is 1. The van der Waals surface area contributed by atoms with Crippen LogP contribution in [0, 0.1) is 11.8 Å². The van der Waals surface area contributed by atoms with Gasteiger partial charge >= 0.3 is 0 Å². The van der Waals surface area contributed by atoms with Gasteiger partial charge in [-0.1, -0.05) is 19.9 Å². The van der Waals surface area contributed by atoms with Gasteiger partial charge in [-0.05, 0) is 61.7 Å². The van der Waals surface area contributed by atoms with Gasteiger partial charge in [-0.15, -0.1) is 0 Å². The van der Waals surface area contributed by atoms with Gasteiger partial charge in [-0.2, -0.15) is 0 Å². The highest BCUT2D eigenvalue weighted by Gasteiger charge is 2.33. The van der Waals surface area contributed by atoms with Crippen LogP contribution in [0.5, 0.6) is 0 Å². The molecule has 1 atom stereocenters. The molecule has 2 aliphatic heterocycles. The summed E-state index contributed by atoms with van der Waals surface area (Å²) in [5.41, 5.74) is 2.61. The molecule has 0 saturated carbocycles. The van der Waals surface area contributed by atoms with Crippen molar-refractivity contribution in [1.29, 1.82) is 0 Å². The zero-order valence-electron chi connectivity index (χ0n) is 16.6. The van der Waals surface area contributed by atoms with E-state index in [1.54, 1.807) is 6.33 Å². The van der Waals surface area contributed by atoms with E-state index in [0.29, 0.717) is 5.92 Å². The number of hydrogen-bond acceptors (Lipinski definition) is 5. The summed E-state index contributed by atoms with van der Waals surface area (Å²) in [7, 11) is 0. The van der Waals surface area contributed by atoms with Crippen molar-refractivity contribution in [2.24, 2.45) is 11.8 Å². The van der Waals surface area contributed by atoms with Crippen LogP contribution in [0.3, 0.4) is 0 Å². The summed E-state index contributed by atoms with van der Waals surface area (Å²) in [5, 5.41) is 0. The van der Waals surface area contributed by atoms with Crippen LogP contribution in [-0.2, 0) is 6.54 Å². The van der Waals surface area contributed by atoms with E-state index in [1.165, 1.54) is 43.5 Å². The Morgan fingerprint density at radius 2 is 1.85 bits per heavy atom. The molecule has 5 nitrogen and oxygen atoms in total. The summed E-state index contributed by atoms with van der Waals surface area (Å²) in [5.74, 6) is 3.29. The Hall–Kier alpha value is -2.01. The molecule has 2 aromatic heterocycles. The number of nitrogens with zero attached hydrogens (tertiary/aromatic N) is 5. The molecule has 4 heterocycles. The van der Waals surface area contributed by atoms with Gasteiger partial charge in [0.25, 0.3) is 0 Å². The van der Waals surface area contributed by atoms with Gasteiger partial charge in [-0.25, -0.2) is 9.97 Å². The molecule has 0 aliphatic carbocycles. The molecule has 2 fully saturated rings. The minimum absolute atomic E-state index is 0.468. The predicted molar refractivity (Wildman–Crippen MR) is 109 cm³/mol. The summed E-state index contributed by atoms with van der Waals surface area (Å²) in [6, 6.07) is 4.22. The molecule has 0 bridgehead atoms. The Balaban J connectivity index is 1.32. The van der Waals surface area contributed by atoms with E-state index >= 15 is 0 Å². The normalized spacial score (nSPS) is 21.9. The lowest BCUT2D eigenvalue weighted by Crippen LogP contribution is -2.36. The SMILES string of the molecule is CC(C)c1cncnc1N1CC[C@H](C2CCN(Cc3cccnc3)CC2)C1. The molecule has 0 radical (unpaired) electrons. The molecule has 144 valence electrons. The van der Waals surface area contributed by atoms with Gasteiger partial charge < -0.3 is 4.90 Å². The fourth-order valence-electron chi connectivity index (χ4n) is 4.70.